The Hall–Kier alpha value is -1.72. The Kier molecular flexibility index (Phi) is 5.54. The number of ether oxygens (including phenoxy) is 1. The van der Waals surface area contributed by atoms with Crippen LogP contribution in [0.15, 0.2) is 18.2 Å². The standard InChI is InChI=1S/C20H30N4O/c1-5-11-25-19-12-16(9-10-17(19)21)20-22-15(4)23-24(20)18-8-6-7-13(2)14(18)3/h6-8,16-17,19H,5,9-12,21H2,1-4H3/t16-,17+,19+/m0/s1. The Morgan fingerprint density at radius 1 is 1.24 bits per heavy atom. The fourth-order valence-electron chi connectivity index (χ4n) is 3.69. The van der Waals surface area contributed by atoms with Crippen molar-refractivity contribution in [1.82, 2.24) is 14.8 Å². The molecule has 2 N–H and O–H groups in total. The molecule has 1 saturated carbocycles. The van der Waals surface area contributed by atoms with E-state index in [0.29, 0.717) is 5.92 Å². The average molecular weight is 342 g/mol. The highest BCUT2D eigenvalue weighted by atomic mass is 16.5. The molecule has 1 aromatic heterocycles. The van der Waals surface area contributed by atoms with Crippen molar-refractivity contribution in [2.24, 2.45) is 5.73 Å². The van der Waals surface area contributed by atoms with E-state index >= 15 is 0 Å². The minimum Gasteiger partial charge on any atom is -0.377 e. The van der Waals surface area contributed by atoms with Crippen molar-refractivity contribution in [2.45, 2.75) is 71.4 Å². The third-order valence-electron chi connectivity index (χ3n) is 5.29. The predicted molar refractivity (Wildman–Crippen MR) is 100 cm³/mol. The Morgan fingerprint density at radius 3 is 2.80 bits per heavy atom. The van der Waals surface area contributed by atoms with Crippen LogP contribution in [0.5, 0.6) is 0 Å². The molecule has 0 spiro atoms. The first-order valence-electron chi connectivity index (χ1n) is 9.38. The summed E-state index contributed by atoms with van der Waals surface area (Å²) in [6.07, 6.45) is 4.06. The molecule has 0 unspecified atom stereocenters. The van der Waals surface area contributed by atoms with E-state index in [2.05, 4.69) is 39.0 Å². The van der Waals surface area contributed by atoms with E-state index in [9.17, 15) is 0 Å². The van der Waals surface area contributed by atoms with Crippen LogP contribution in [0.2, 0.25) is 0 Å². The van der Waals surface area contributed by atoms with Gasteiger partial charge in [-0.15, -0.1) is 0 Å². The lowest BCUT2D eigenvalue weighted by Crippen LogP contribution is -2.42. The maximum atomic E-state index is 6.29. The summed E-state index contributed by atoms with van der Waals surface area (Å²) in [5.74, 6) is 2.20. The summed E-state index contributed by atoms with van der Waals surface area (Å²) in [5, 5.41) is 4.70. The van der Waals surface area contributed by atoms with Gasteiger partial charge in [-0.05, 0) is 63.6 Å². The minimum absolute atomic E-state index is 0.114. The molecule has 25 heavy (non-hydrogen) atoms. The van der Waals surface area contributed by atoms with Crippen LogP contribution in [-0.2, 0) is 4.74 Å². The molecule has 1 heterocycles. The van der Waals surface area contributed by atoms with E-state index < -0.39 is 0 Å². The number of hydrogen-bond donors (Lipinski definition) is 1. The van der Waals surface area contributed by atoms with Crippen molar-refractivity contribution in [3.8, 4) is 5.69 Å². The van der Waals surface area contributed by atoms with Crippen LogP contribution in [0, 0.1) is 20.8 Å². The smallest absolute Gasteiger partial charge is 0.148 e. The average Bonchev–Trinajstić information content (AvgIpc) is 2.98. The summed E-state index contributed by atoms with van der Waals surface area (Å²) in [4.78, 5) is 4.78. The quantitative estimate of drug-likeness (QED) is 0.902. The highest BCUT2D eigenvalue weighted by molar-refractivity contribution is 5.44. The van der Waals surface area contributed by atoms with E-state index in [4.69, 9.17) is 20.6 Å². The van der Waals surface area contributed by atoms with E-state index in [-0.39, 0.29) is 12.1 Å². The van der Waals surface area contributed by atoms with Gasteiger partial charge < -0.3 is 10.5 Å². The molecule has 0 amide bonds. The second-order valence-electron chi connectivity index (χ2n) is 7.23. The first kappa shape index (κ1) is 18.1. The summed E-state index contributed by atoms with van der Waals surface area (Å²) < 4.78 is 8.05. The van der Waals surface area contributed by atoms with Gasteiger partial charge in [-0.2, -0.15) is 5.10 Å². The summed E-state index contributed by atoms with van der Waals surface area (Å²) in [6, 6.07) is 6.47. The van der Waals surface area contributed by atoms with Crippen LogP contribution >= 0.6 is 0 Å². The highest BCUT2D eigenvalue weighted by Crippen LogP contribution is 2.34. The topological polar surface area (TPSA) is 66.0 Å². The second-order valence-corrected chi connectivity index (χ2v) is 7.23. The van der Waals surface area contributed by atoms with Crippen molar-refractivity contribution >= 4 is 0 Å². The summed E-state index contributed by atoms with van der Waals surface area (Å²) in [5.41, 5.74) is 9.93. The maximum absolute atomic E-state index is 6.29. The first-order valence-corrected chi connectivity index (χ1v) is 9.38. The molecule has 2 aromatic rings. The first-order chi connectivity index (χ1) is 12.0. The molecule has 136 valence electrons. The molecule has 5 heteroatoms. The summed E-state index contributed by atoms with van der Waals surface area (Å²) >= 11 is 0. The summed E-state index contributed by atoms with van der Waals surface area (Å²) in [7, 11) is 0. The molecule has 5 nitrogen and oxygen atoms in total. The van der Waals surface area contributed by atoms with Gasteiger partial charge in [0.15, 0.2) is 0 Å². The van der Waals surface area contributed by atoms with E-state index in [1.165, 1.54) is 11.1 Å². The molecule has 1 aromatic carbocycles. The number of nitrogens with zero attached hydrogens (tertiary/aromatic N) is 3. The second kappa shape index (κ2) is 7.67. The van der Waals surface area contributed by atoms with E-state index in [1.807, 2.05) is 11.6 Å². The van der Waals surface area contributed by atoms with Crippen LogP contribution in [-0.4, -0.2) is 33.5 Å². The summed E-state index contributed by atoms with van der Waals surface area (Å²) in [6.45, 7) is 9.15. The number of nitrogens with two attached hydrogens (primary N) is 1. The Labute approximate surface area is 150 Å². The number of aromatic nitrogens is 3. The van der Waals surface area contributed by atoms with Crippen molar-refractivity contribution in [1.29, 1.82) is 0 Å². The molecule has 3 rings (SSSR count). The monoisotopic (exact) mass is 342 g/mol. The van der Waals surface area contributed by atoms with Gasteiger partial charge in [-0.25, -0.2) is 9.67 Å². The molecule has 0 saturated heterocycles. The molecule has 0 bridgehead atoms. The van der Waals surface area contributed by atoms with Gasteiger partial charge >= 0.3 is 0 Å². The van der Waals surface area contributed by atoms with Gasteiger partial charge in [-0.3, -0.25) is 0 Å². The van der Waals surface area contributed by atoms with E-state index in [1.54, 1.807) is 0 Å². The SMILES string of the molecule is CCCO[C@@H]1C[C@@H](c2nc(C)nn2-c2cccc(C)c2C)CC[C@H]1N. The van der Waals surface area contributed by atoms with Crippen LogP contribution in [0.1, 0.15) is 61.3 Å². The normalized spacial score (nSPS) is 23.8. The van der Waals surface area contributed by atoms with Crippen LogP contribution in [0.4, 0.5) is 0 Å². The molecule has 1 aliphatic carbocycles. The van der Waals surface area contributed by atoms with Gasteiger partial charge in [-0.1, -0.05) is 19.1 Å². The Balaban J connectivity index is 1.91. The van der Waals surface area contributed by atoms with Gasteiger partial charge in [0.25, 0.3) is 0 Å². The van der Waals surface area contributed by atoms with Crippen LogP contribution in [0.25, 0.3) is 5.69 Å². The molecule has 1 aliphatic rings. The van der Waals surface area contributed by atoms with Gasteiger partial charge in [0.2, 0.25) is 0 Å². The van der Waals surface area contributed by atoms with Crippen molar-refractivity contribution in [2.75, 3.05) is 6.61 Å². The molecule has 3 atom stereocenters. The lowest BCUT2D eigenvalue weighted by molar-refractivity contribution is 0.00883. The Morgan fingerprint density at radius 2 is 2.04 bits per heavy atom. The predicted octanol–water partition coefficient (Wildman–Crippen LogP) is 3.58. The zero-order valence-corrected chi connectivity index (χ0v) is 15.8. The zero-order chi connectivity index (χ0) is 18.0. The number of benzene rings is 1. The van der Waals surface area contributed by atoms with Crippen molar-refractivity contribution in [3.05, 3.63) is 41.0 Å². The molecular weight excluding hydrogens is 312 g/mol. The fraction of sp³-hybridized carbons (Fsp3) is 0.600. The molecule has 1 fully saturated rings. The van der Waals surface area contributed by atoms with Crippen molar-refractivity contribution < 1.29 is 4.74 Å². The highest BCUT2D eigenvalue weighted by Gasteiger charge is 2.32. The number of aryl methyl sites for hydroxylation is 2. The van der Waals surface area contributed by atoms with Gasteiger partial charge in [0, 0.05) is 18.6 Å². The van der Waals surface area contributed by atoms with Gasteiger partial charge in [0.1, 0.15) is 11.6 Å². The third kappa shape index (κ3) is 3.77. The largest absolute Gasteiger partial charge is 0.377 e. The molecule has 0 aliphatic heterocycles. The Bertz CT molecular complexity index is 724. The maximum Gasteiger partial charge on any atom is 0.148 e. The molecule has 0 radical (unpaired) electrons. The lowest BCUT2D eigenvalue weighted by atomic mass is 9.83. The lowest BCUT2D eigenvalue weighted by Gasteiger charge is -2.33. The van der Waals surface area contributed by atoms with Gasteiger partial charge in [0.05, 0.1) is 11.8 Å². The number of hydrogen-bond acceptors (Lipinski definition) is 4. The molecular formula is C20H30N4O. The minimum atomic E-state index is 0.114. The number of rotatable bonds is 5. The van der Waals surface area contributed by atoms with Crippen LogP contribution in [0.3, 0.4) is 0 Å². The zero-order valence-electron chi connectivity index (χ0n) is 15.8. The van der Waals surface area contributed by atoms with Crippen LogP contribution < -0.4 is 5.73 Å². The fourth-order valence-corrected chi connectivity index (χ4v) is 3.69. The van der Waals surface area contributed by atoms with Crippen molar-refractivity contribution in [3.63, 3.8) is 0 Å². The third-order valence-corrected chi connectivity index (χ3v) is 5.29. The van der Waals surface area contributed by atoms with E-state index in [0.717, 1.165) is 49.6 Å².